The normalized spacial score (nSPS) is 10.8. The predicted octanol–water partition coefficient (Wildman–Crippen LogP) is 3.94. The molecule has 4 heteroatoms. The van der Waals surface area contributed by atoms with Crippen LogP contribution in [0.4, 0.5) is 0 Å². The number of H-pyrrole nitrogens is 1. The lowest BCUT2D eigenvalue weighted by atomic mass is 10.2. The van der Waals surface area contributed by atoms with Gasteiger partial charge in [0.25, 0.3) is 5.91 Å². The number of carbonyl (C=O) groups is 1. The van der Waals surface area contributed by atoms with Crippen molar-refractivity contribution in [1.82, 2.24) is 9.88 Å². The summed E-state index contributed by atoms with van der Waals surface area (Å²) >= 11 is 0. The first-order valence-corrected chi connectivity index (χ1v) is 8.07. The van der Waals surface area contributed by atoms with Gasteiger partial charge in [0.05, 0.1) is 6.54 Å². The van der Waals surface area contributed by atoms with Crippen molar-refractivity contribution in [3.63, 3.8) is 0 Å². The first-order chi connectivity index (χ1) is 11.5. The van der Waals surface area contributed by atoms with Crippen LogP contribution in [0.5, 0.6) is 5.75 Å². The molecule has 1 aromatic heterocycles. The molecule has 0 fully saturated rings. The number of aromatic nitrogens is 1. The van der Waals surface area contributed by atoms with Crippen molar-refractivity contribution in [2.24, 2.45) is 0 Å². The summed E-state index contributed by atoms with van der Waals surface area (Å²) in [5.41, 5.74) is 3.92. The Balaban J connectivity index is 1.61. The van der Waals surface area contributed by atoms with Crippen LogP contribution in [0.3, 0.4) is 0 Å². The van der Waals surface area contributed by atoms with Gasteiger partial charge in [-0.1, -0.05) is 23.8 Å². The molecule has 0 saturated carbocycles. The van der Waals surface area contributed by atoms with Crippen LogP contribution in [0.15, 0.2) is 48.5 Å². The molecular formula is C20H22N2O2. The Morgan fingerprint density at radius 2 is 1.88 bits per heavy atom. The molecule has 24 heavy (non-hydrogen) atoms. The first-order valence-electron chi connectivity index (χ1n) is 8.07. The minimum Gasteiger partial charge on any atom is -0.492 e. The maximum absolute atomic E-state index is 12.5. The van der Waals surface area contributed by atoms with Gasteiger partial charge in [-0.05, 0) is 49.7 Å². The highest BCUT2D eigenvalue weighted by Gasteiger charge is 2.14. The largest absolute Gasteiger partial charge is 0.492 e. The number of rotatable bonds is 5. The van der Waals surface area contributed by atoms with Crippen molar-refractivity contribution in [1.29, 1.82) is 0 Å². The van der Waals surface area contributed by atoms with Crippen LogP contribution in [0.2, 0.25) is 0 Å². The van der Waals surface area contributed by atoms with Crippen LogP contribution in [-0.4, -0.2) is 36.0 Å². The summed E-state index contributed by atoms with van der Waals surface area (Å²) in [4.78, 5) is 17.4. The number of aryl methyl sites for hydroxylation is 2. The Morgan fingerprint density at radius 3 is 2.67 bits per heavy atom. The molecule has 0 unspecified atom stereocenters. The van der Waals surface area contributed by atoms with E-state index in [1.807, 2.05) is 56.3 Å². The van der Waals surface area contributed by atoms with Gasteiger partial charge in [0.2, 0.25) is 0 Å². The maximum atomic E-state index is 12.5. The van der Waals surface area contributed by atoms with Gasteiger partial charge in [0.1, 0.15) is 18.1 Å². The average molecular weight is 322 g/mol. The second kappa shape index (κ2) is 6.79. The van der Waals surface area contributed by atoms with Crippen LogP contribution >= 0.6 is 0 Å². The number of benzene rings is 2. The quantitative estimate of drug-likeness (QED) is 0.773. The van der Waals surface area contributed by atoms with E-state index in [9.17, 15) is 4.79 Å². The standard InChI is InChI=1S/C20H22N2O2/c1-14-5-4-6-17(12-14)24-10-9-22(3)20(23)19-13-16-11-15(2)7-8-18(16)21-19/h4-8,11-13,21H,9-10H2,1-3H3. The van der Waals surface area contributed by atoms with Crippen molar-refractivity contribution < 1.29 is 9.53 Å². The summed E-state index contributed by atoms with van der Waals surface area (Å²) in [6.45, 7) is 5.06. The van der Waals surface area contributed by atoms with Gasteiger partial charge in [0, 0.05) is 18.0 Å². The molecule has 0 aliphatic heterocycles. The van der Waals surface area contributed by atoms with Gasteiger partial charge in [-0.15, -0.1) is 0 Å². The third-order valence-electron chi connectivity index (χ3n) is 4.04. The fourth-order valence-electron chi connectivity index (χ4n) is 2.68. The first kappa shape index (κ1) is 16.1. The van der Waals surface area contributed by atoms with E-state index in [1.54, 1.807) is 11.9 Å². The predicted molar refractivity (Wildman–Crippen MR) is 96.7 cm³/mol. The molecule has 0 aliphatic rings. The third kappa shape index (κ3) is 3.59. The molecule has 0 aliphatic carbocycles. The van der Waals surface area contributed by atoms with Crippen molar-refractivity contribution >= 4 is 16.8 Å². The number of nitrogens with zero attached hydrogens (tertiary/aromatic N) is 1. The highest BCUT2D eigenvalue weighted by Crippen LogP contribution is 2.18. The number of hydrogen-bond donors (Lipinski definition) is 1. The Kier molecular flexibility index (Phi) is 4.56. The second-order valence-electron chi connectivity index (χ2n) is 6.17. The van der Waals surface area contributed by atoms with Gasteiger partial charge >= 0.3 is 0 Å². The van der Waals surface area contributed by atoms with Gasteiger partial charge in [-0.3, -0.25) is 4.79 Å². The summed E-state index contributed by atoms with van der Waals surface area (Å²) in [7, 11) is 1.79. The molecule has 124 valence electrons. The summed E-state index contributed by atoms with van der Waals surface area (Å²) in [5.74, 6) is 0.800. The van der Waals surface area contributed by atoms with Crippen LogP contribution in [0.25, 0.3) is 10.9 Å². The zero-order chi connectivity index (χ0) is 17.1. The van der Waals surface area contributed by atoms with Gasteiger partial charge in [-0.2, -0.15) is 0 Å². The maximum Gasteiger partial charge on any atom is 0.270 e. The number of aromatic amines is 1. The molecular weight excluding hydrogens is 300 g/mol. The van der Waals surface area contributed by atoms with E-state index >= 15 is 0 Å². The third-order valence-corrected chi connectivity index (χ3v) is 4.04. The second-order valence-corrected chi connectivity index (χ2v) is 6.17. The minimum absolute atomic E-state index is 0.0308. The SMILES string of the molecule is Cc1cccc(OCCN(C)C(=O)c2cc3cc(C)ccc3[nH]2)c1. The summed E-state index contributed by atoms with van der Waals surface area (Å²) in [6.07, 6.45) is 0. The fourth-order valence-corrected chi connectivity index (χ4v) is 2.68. The lowest BCUT2D eigenvalue weighted by molar-refractivity contribution is 0.0769. The number of amides is 1. The Labute approximate surface area is 142 Å². The van der Waals surface area contributed by atoms with E-state index < -0.39 is 0 Å². The van der Waals surface area contributed by atoms with E-state index in [0.717, 1.165) is 22.2 Å². The molecule has 1 heterocycles. The van der Waals surface area contributed by atoms with Crippen LogP contribution in [0, 0.1) is 13.8 Å². The number of hydrogen-bond acceptors (Lipinski definition) is 2. The number of likely N-dealkylation sites (N-methyl/N-ethyl adjacent to an activating group) is 1. The zero-order valence-electron chi connectivity index (χ0n) is 14.3. The van der Waals surface area contributed by atoms with Crippen LogP contribution in [0.1, 0.15) is 21.6 Å². The van der Waals surface area contributed by atoms with E-state index in [4.69, 9.17) is 4.74 Å². The van der Waals surface area contributed by atoms with E-state index in [0.29, 0.717) is 18.8 Å². The van der Waals surface area contributed by atoms with Crippen molar-refractivity contribution in [2.75, 3.05) is 20.2 Å². The summed E-state index contributed by atoms with van der Waals surface area (Å²) in [5, 5.41) is 1.06. The zero-order valence-corrected chi connectivity index (χ0v) is 14.3. The van der Waals surface area contributed by atoms with Crippen LogP contribution in [-0.2, 0) is 0 Å². The smallest absolute Gasteiger partial charge is 0.270 e. The van der Waals surface area contributed by atoms with Crippen molar-refractivity contribution in [3.8, 4) is 5.75 Å². The highest BCUT2D eigenvalue weighted by atomic mass is 16.5. The molecule has 3 rings (SSSR count). The number of fused-ring (bicyclic) bond motifs is 1. The van der Waals surface area contributed by atoms with Gasteiger partial charge in [0.15, 0.2) is 0 Å². The average Bonchev–Trinajstić information content (AvgIpc) is 2.97. The van der Waals surface area contributed by atoms with E-state index in [-0.39, 0.29) is 5.91 Å². The molecule has 0 spiro atoms. The Bertz CT molecular complexity index is 867. The molecule has 0 atom stereocenters. The Hall–Kier alpha value is -2.75. The molecule has 1 amide bonds. The van der Waals surface area contributed by atoms with Crippen LogP contribution < -0.4 is 4.74 Å². The number of nitrogens with one attached hydrogen (secondary N) is 1. The molecule has 0 radical (unpaired) electrons. The van der Waals surface area contributed by atoms with Gasteiger partial charge in [-0.25, -0.2) is 0 Å². The number of carbonyl (C=O) groups excluding carboxylic acids is 1. The molecule has 2 aromatic carbocycles. The summed E-state index contributed by atoms with van der Waals surface area (Å²) in [6, 6.07) is 15.9. The number of ether oxygens (including phenoxy) is 1. The monoisotopic (exact) mass is 322 g/mol. The highest BCUT2D eigenvalue weighted by molar-refractivity contribution is 5.98. The molecule has 4 nitrogen and oxygen atoms in total. The summed E-state index contributed by atoms with van der Waals surface area (Å²) < 4.78 is 5.71. The lowest BCUT2D eigenvalue weighted by Crippen LogP contribution is -2.31. The molecule has 0 bridgehead atoms. The lowest BCUT2D eigenvalue weighted by Gasteiger charge is -2.16. The van der Waals surface area contributed by atoms with E-state index in [1.165, 1.54) is 5.56 Å². The molecule has 3 aromatic rings. The van der Waals surface area contributed by atoms with Crippen molar-refractivity contribution in [2.45, 2.75) is 13.8 Å². The molecule has 0 saturated heterocycles. The Morgan fingerprint density at radius 1 is 1.08 bits per heavy atom. The van der Waals surface area contributed by atoms with Crippen molar-refractivity contribution in [3.05, 3.63) is 65.4 Å². The van der Waals surface area contributed by atoms with Gasteiger partial charge < -0.3 is 14.6 Å². The fraction of sp³-hybridized carbons (Fsp3) is 0.250. The minimum atomic E-state index is -0.0308. The van der Waals surface area contributed by atoms with E-state index in [2.05, 4.69) is 11.1 Å². The topological polar surface area (TPSA) is 45.3 Å². The molecule has 1 N–H and O–H groups in total.